The lowest BCUT2D eigenvalue weighted by molar-refractivity contribution is -0.148. The Morgan fingerprint density at radius 1 is 1.40 bits per heavy atom. The van der Waals surface area contributed by atoms with Crippen molar-refractivity contribution in [3.05, 3.63) is 23.3 Å². The minimum atomic E-state index is -4.30. The summed E-state index contributed by atoms with van der Waals surface area (Å²) in [6, 6.07) is 2.20. The topological polar surface area (TPSA) is 55.8 Å². The van der Waals surface area contributed by atoms with Crippen LogP contribution in [0.3, 0.4) is 0 Å². The van der Waals surface area contributed by atoms with Crippen molar-refractivity contribution in [3.8, 4) is 11.5 Å². The molecule has 1 N–H and O–H groups in total. The highest BCUT2D eigenvalue weighted by Crippen LogP contribution is 2.34. The number of rotatable bonds is 6. The van der Waals surface area contributed by atoms with Gasteiger partial charge >= 0.3 is 18.3 Å². The zero-order chi connectivity index (χ0) is 15.5. The smallest absolute Gasteiger partial charge is 0.340 e. The number of carboxylic acids is 1. The molecule has 8 heteroatoms. The molecule has 1 aromatic carbocycles. The number of aromatic carboxylic acids is 1. The molecule has 0 aliphatic carbocycles. The Morgan fingerprint density at radius 3 is 2.45 bits per heavy atom. The van der Waals surface area contributed by atoms with Crippen LogP contribution < -0.4 is 9.47 Å². The van der Waals surface area contributed by atoms with Crippen LogP contribution in [0.2, 0.25) is 0 Å². The van der Waals surface area contributed by atoms with Gasteiger partial charge in [0.05, 0.1) is 12.7 Å². The number of halogens is 4. The Morgan fingerprint density at radius 2 is 2.00 bits per heavy atom. The van der Waals surface area contributed by atoms with Gasteiger partial charge in [-0.25, -0.2) is 13.6 Å². The Bertz CT molecular complexity index is 502. The third-order valence-electron chi connectivity index (χ3n) is 2.54. The van der Waals surface area contributed by atoms with Crippen molar-refractivity contribution in [2.75, 3.05) is 13.7 Å². The van der Waals surface area contributed by atoms with Crippen LogP contribution in [0, 0.1) is 6.92 Å². The molecule has 0 aromatic heterocycles. The van der Waals surface area contributed by atoms with E-state index in [1.54, 1.807) is 0 Å². The van der Waals surface area contributed by atoms with Crippen molar-refractivity contribution >= 4 is 5.97 Å². The van der Waals surface area contributed by atoms with Gasteiger partial charge in [0, 0.05) is 5.56 Å². The lowest BCUT2D eigenvalue weighted by atomic mass is 10.1. The molecule has 0 aliphatic rings. The quantitative estimate of drug-likeness (QED) is 0.820. The van der Waals surface area contributed by atoms with Crippen LogP contribution in [-0.4, -0.2) is 37.1 Å². The van der Waals surface area contributed by atoms with Crippen molar-refractivity contribution in [1.29, 1.82) is 0 Å². The summed E-state index contributed by atoms with van der Waals surface area (Å²) >= 11 is 0. The largest absolute Gasteiger partial charge is 0.493 e. The molecule has 0 heterocycles. The third kappa shape index (κ3) is 3.31. The maximum absolute atomic E-state index is 12.8. The number of ether oxygens (including phenoxy) is 2. The predicted molar refractivity (Wildman–Crippen MR) is 61.1 cm³/mol. The van der Waals surface area contributed by atoms with E-state index in [1.165, 1.54) is 14.0 Å². The lowest BCUT2D eigenvalue weighted by Crippen LogP contribution is -2.33. The van der Waals surface area contributed by atoms with Gasteiger partial charge in [0.25, 0.3) is 0 Å². The second-order valence-electron chi connectivity index (χ2n) is 3.93. The molecule has 0 unspecified atom stereocenters. The Hall–Kier alpha value is -1.99. The number of carbonyl (C=O) groups is 1. The van der Waals surface area contributed by atoms with Gasteiger partial charge in [-0.2, -0.15) is 8.78 Å². The Kier molecular flexibility index (Phi) is 4.80. The minimum Gasteiger partial charge on any atom is -0.493 e. The molecule has 0 saturated carbocycles. The highest BCUT2D eigenvalue weighted by molar-refractivity contribution is 5.90. The van der Waals surface area contributed by atoms with Crippen molar-refractivity contribution in [2.45, 2.75) is 19.3 Å². The molecule has 112 valence electrons. The van der Waals surface area contributed by atoms with Crippen molar-refractivity contribution in [1.82, 2.24) is 0 Å². The highest BCUT2D eigenvalue weighted by atomic mass is 19.3. The molecule has 0 bridgehead atoms. The molecule has 0 aliphatic heterocycles. The van der Waals surface area contributed by atoms with Gasteiger partial charge in [-0.05, 0) is 19.1 Å². The van der Waals surface area contributed by atoms with Gasteiger partial charge in [0.15, 0.2) is 18.1 Å². The normalized spacial score (nSPS) is 11.6. The average molecular weight is 296 g/mol. The van der Waals surface area contributed by atoms with E-state index in [1.807, 2.05) is 0 Å². The minimum absolute atomic E-state index is 0.0880. The Balaban J connectivity index is 3.03. The zero-order valence-corrected chi connectivity index (χ0v) is 10.6. The fraction of sp³-hybridized carbons (Fsp3) is 0.417. The molecule has 0 spiro atoms. The number of methoxy groups -OCH3 is 1. The van der Waals surface area contributed by atoms with Crippen LogP contribution in [-0.2, 0) is 0 Å². The molecule has 1 aromatic rings. The molecule has 1 rings (SSSR count). The van der Waals surface area contributed by atoms with Gasteiger partial charge in [0.1, 0.15) is 0 Å². The maximum atomic E-state index is 12.8. The van der Waals surface area contributed by atoms with Gasteiger partial charge in [-0.3, -0.25) is 0 Å². The summed E-state index contributed by atoms with van der Waals surface area (Å²) in [6.45, 7) is -0.146. The monoisotopic (exact) mass is 296 g/mol. The average Bonchev–Trinajstić information content (AvgIpc) is 2.35. The molecule has 4 nitrogen and oxygen atoms in total. The molecule has 0 saturated heterocycles. The SMILES string of the molecule is COc1c(OCC(F)(F)C(F)F)ccc(C(=O)O)c1C. The zero-order valence-electron chi connectivity index (χ0n) is 10.6. The van der Waals surface area contributed by atoms with Crippen LogP contribution >= 0.6 is 0 Å². The summed E-state index contributed by atoms with van der Waals surface area (Å²) in [5, 5.41) is 8.89. The van der Waals surface area contributed by atoms with Crippen molar-refractivity contribution in [3.63, 3.8) is 0 Å². The lowest BCUT2D eigenvalue weighted by Gasteiger charge is -2.18. The molecule has 0 radical (unpaired) electrons. The maximum Gasteiger partial charge on any atom is 0.340 e. The second-order valence-corrected chi connectivity index (χ2v) is 3.93. The number of benzene rings is 1. The van der Waals surface area contributed by atoms with Crippen LogP contribution in [0.1, 0.15) is 15.9 Å². The molecule has 0 atom stereocenters. The molecular formula is C12H12F4O4. The number of hydrogen-bond acceptors (Lipinski definition) is 3. The van der Waals surface area contributed by atoms with E-state index in [-0.39, 0.29) is 22.6 Å². The second kappa shape index (κ2) is 5.98. The van der Waals surface area contributed by atoms with E-state index in [2.05, 4.69) is 4.74 Å². The van der Waals surface area contributed by atoms with Crippen molar-refractivity contribution in [2.24, 2.45) is 0 Å². The summed E-state index contributed by atoms with van der Waals surface area (Å²) in [5.74, 6) is -5.85. The predicted octanol–water partition coefficient (Wildman–Crippen LogP) is 2.98. The standard InChI is InChI=1S/C12H12F4O4/c1-6-7(10(17)18)3-4-8(9(6)19-2)20-5-12(15,16)11(13)14/h3-4,11H,5H2,1-2H3,(H,17,18). The highest BCUT2D eigenvalue weighted by Gasteiger charge is 2.42. The van der Waals surface area contributed by atoms with E-state index in [4.69, 9.17) is 9.84 Å². The number of hydrogen-bond donors (Lipinski definition) is 1. The first kappa shape index (κ1) is 16.1. The van der Waals surface area contributed by atoms with Crippen LogP contribution in [0.4, 0.5) is 17.6 Å². The molecular weight excluding hydrogens is 284 g/mol. The van der Waals surface area contributed by atoms with Gasteiger partial charge in [-0.1, -0.05) is 0 Å². The number of carboxylic acid groups (broad SMARTS) is 1. The van der Waals surface area contributed by atoms with E-state index >= 15 is 0 Å². The van der Waals surface area contributed by atoms with E-state index in [0.29, 0.717) is 0 Å². The van der Waals surface area contributed by atoms with E-state index in [9.17, 15) is 22.4 Å². The fourth-order valence-electron chi connectivity index (χ4n) is 1.50. The summed E-state index contributed by atoms with van der Waals surface area (Å²) in [4.78, 5) is 10.9. The summed E-state index contributed by atoms with van der Waals surface area (Å²) in [6.07, 6.45) is -3.85. The van der Waals surface area contributed by atoms with Crippen LogP contribution in [0.25, 0.3) is 0 Å². The van der Waals surface area contributed by atoms with Gasteiger partial charge < -0.3 is 14.6 Å². The Labute approximate surface area is 111 Å². The van der Waals surface area contributed by atoms with Crippen molar-refractivity contribution < 1.29 is 36.9 Å². The van der Waals surface area contributed by atoms with E-state index < -0.39 is 24.9 Å². The first-order chi connectivity index (χ1) is 9.20. The number of alkyl halides is 4. The van der Waals surface area contributed by atoms with Crippen LogP contribution in [0.5, 0.6) is 11.5 Å². The van der Waals surface area contributed by atoms with Gasteiger partial charge in [0.2, 0.25) is 0 Å². The summed E-state index contributed by atoms with van der Waals surface area (Å²) in [7, 11) is 1.19. The molecule has 0 fully saturated rings. The van der Waals surface area contributed by atoms with E-state index in [0.717, 1.165) is 12.1 Å². The molecule has 20 heavy (non-hydrogen) atoms. The summed E-state index contributed by atoms with van der Waals surface area (Å²) in [5.41, 5.74) is 0.0488. The first-order valence-corrected chi connectivity index (χ1v) is 5.40. The summed E-state index contributed by atoms with van der Waals surface area (Å²) < 4.78 is 59.0. The first-order valence-electron chi connectivity index (χ1n) is 5.40. The van der Waals surface area contributed by atoms with Crippen LogP contribution in [0.15, 0.2) is 12.1 Å². The van der Waals surface area contributed by atoms with Gasteiger partial charge in [-0.15, -0.1) is 0 Å². The fourth-order valence-corrected chi connectivity index (χ4v) is 1.50. The molecule has 0 amide bonds. The third-order valence-corrected chi connectivity index (χ3v) is 2.54.